The maximum Gasteiger partial charge on any atom is 0.253 e. The van der Waals surface area contributed by atoms with Crippen LogP contribution in [0, 0.1) is 17.1 Å². The van der Waals surface area contributed by atoms with E-state index in [1.54, 1.807) is 19.1 Å². The van der Waals surface area contributed by atoms with Crippen LogP contribution < -0.4 is 16.4 Å². The van der Waals surface area contributed by atoms with Crippen LogP contribution in [0.15, 0.2) is 30.6 Å². The van der Waals surface area contributed by atoms with Gasteiger partial charge in [0.15, 0.2) is 0 Å². The zero-order chi connectivity index (χ0) is 21.7. The van der Waals surface area contributed by atoms with Crippen molar-refractivity contribution in [3.8, 4) is 6.07 Å². The second kappa shape index (κ2) is 9.13. The van der Waals surface area contributed by atoms with E-state index in [4.69, 9.17) is 5.73 Å². The standard InChI is InChI=1S/C21H22FN7O/c1-3-4-7-25-21(30)15-9-13-8-14(22)5-6-17(13)29-18(15)12(2)28-20-16(10-23)19(24)26-11-27-20/h5-6,8-9,11-12H,3-4,7H2,1-2H3,(H,25,30)(H3,24,26,27,28)/t12-/m0/s1. The Balaban J connectivity index is 2.03. The van der Waals surface area contributed by atoms with E-state index in [1.807, 2.05) is 13.0 Å². The summed E-state index contributed by atoms with van der Waals surface area (Å²) < 4.78 is 13.7. The Morgan fingerprint density at radius 1 is 1.33 bits per heavy atom. The zero-order valence-electron chi connectivity index (χ0n) is 16.7. The van der Waals surface area contributed by atoms with Gasteiger partial charge in [0.05, 0.1) is 22.8 Å². The molecule has 0 saturated carbocycles. The SMILES string of the molecule is CCCCNC(=O)c1cc2cc(F)ccc2nc1[C@H](C)Nc1ncnc(N)c1C#N. The van der Waals surface area contributed by atoms with Gasteiger partial charge in [0.1, 0.15) is 35.4 Å². The number of unbranched alkanes of at least 4 members (excludes halogenated alkanes) is 1. The number of carbonyl (C=O) groups excluding carboxylic acids is 1. The maximum absolute atomic E-state index is 13.7. The van der Waals surface area contributed by atoms with Crippen LogP contribution in [0.1, 0.15) is 54.3 Å². The summed E-state index contributed by atoms with van der Waals surface area (Å²) in [5, 5.41) is 15.8. The number of nitrogens with zero attached hydrogens (tertiary/aromatic N) is 4. The van der Waals surface area contributed by atoms with Crippen molar-refractivity contribution in [2.45, 2.75) is 32.7 Å². The molecule has 9 heteroatoms. The first-order valence-corrected chi connectivity index (χ1v) is 9.60. The molecule has 1 amide bonds. The number of aromatic nitrogens is 3. The molecule has 0 radical (unpaired) electrons. The fraction of sp³-hybridized carbons (Fsp3) is 0.286. The third-order valence-corrected chi connectivity index (χ3v) is 4.62. The summed E-state index contributed by atoms with van der Waals surface area (Å²) in [5.41, 5.74) is 7.19. The van der Waals surface area contributed by atoms with Crippen LogP contribution in [-0.2, 0) is 0 Å². The van der Waals surface area contributed by atoms with Crippen LogP contribution in [0.2, 0.25) is 0 Å². The molecule has 1 atom stereocenters. The van der Waals surface area contributed by atoms with Crippen LogP contribution >= 0.6 is 0 Å². The van der Waals surface area contributed by atoms with Gasteiger partial charge in [-0.2, -0.15) is 5.26 Å². The number of hydrogen-bond acceptors (Lipinski definition) is 7. The number of rotatable bonds is 7. The van der Waals surface area contributed by atoms with E-state index < -0.39 is 11.9 Å². The largest absolute Gasteiger partial charge is 0.382 e. The van der Waals surface area contributed by atoms with Gasteiger partial charge in [-0.15, -0.1) is 0 Å². The van der Waals surface area contributed by atoms with Crippen molar-refractivity contribution in [3.63, 3.8) is 0 Å². The van der Waals surface area contributed by atoms with E-state index in [0.29, 0.717) is 28.7 Å². The van der Waals surface area contributed by atoms with E-state index in [2.05, 4.69) is 25.6 Å². The van der Waals surface area contributed by atoms with E-state index in [-0.39, 0.29) is 23.1 Å². The lowest BCUT2D eigenvalue weighted by Gasteiger charge is -2.19. The van der Waals surface area contributed by atoms with Crippen LogP contribution in [-0.4, -0.2) is 27.4 Å². The van der Waals surface area contributed by atoms with Gasteiger partial charge in [0.2, 0.25) is 0 Å². The van der Waals surface area contributed by atoms with Gasteiger partial charge in [-0.05, 0) is 37.6 Å². The van der Waals surface area contributed by atoms with Gasteiger partial charge >= 0.3 is 0 Å². The summed E-state index contributed by atoms with van der Waals surface area (Å²) >= 11 is 0. The Kier molecular flexibility index (Phi) is 6.37. The highest BCUT2D eigenvalue weighted by molar-refractivity contribution is 5.99. The second-order valence-electron chi connectivity index (χ2n) is 6.83. The molecule has 154 valence electrons. The van der Waals surface area contributed by atoms with E-state index >= 15 is 0 Å². The molecule has 0 aliphatic rings. The van der Waals surface area contributed by atoms with Crippen molar-refractivity contribution in [2.24, 2.45) is 0 Å². The van der Waals surface area contributed by atoms with Crippen molar-refractivity contribution in [2.75, 3.05) is 17.6 Å². The molecule has 0 aliphatic heterocycles. The van der Waals surface area contributed by atoms with Gasteiger partial charge in [0, 0.05) is 11.9 Å². The molecule has 1 aromatic carbocycles. The predicted octanol–water partition coefficient (Wildman–Crippen LogP) is 3.32. The van der Waals surface area contributed by atoms with Gasteiger partial charge in [-0.1, -0.05) is 13.3 Å². The molecule has 2 aromatic heterocycles. The number of nitrogens with two attached hydrogens (primary N) is 1. The van der Waals surface area contributed by atoms with E-state index in [0.717, 1.165) is 12.8 Å². The van der Waals surface area contributed by atoms with Gasteiger partial charge in [-0.3, -0.25) is 4.79 Å². The topological polar surface area (TPSA) is 130 Å². The summed E-state index contributed by atoms with van der Waals surface area (Å²) in [6, 6.07) is 7.32. The van der Waals surface area contributed by atoms with Gasteiger partial charge in [-0.25, -0.2) is 19.3 Å². The summed E-state index contributed by atoms with van der Waals surface area (Å²) in [4.78, 5) is 25.3. The maximum atomic E-state index is 13.7. The number of halogens is 1. The van der Waals surface area contributed by atoms with Crippen molar-refractivity contribution < 1.29 is 9.18 Å². The van der Waals surface area contributed by atoms with Crippen molar-refractivity contribution in [1.82, 2.24) is 20.3 Å². The number of benzene rings is 1. The molecule has 0 bridgehead atoms. The number of fused-ring (bicyclic) bond motifs is 1. The molecule has 0 spiro atoms. The molecule has 0 unspecified atom stereocenters. The normalized spacial score (nSPS) is 11.7. The van der Waals surface area contributed by atoms with E-state index in [1.165, 1.54) is 18.5 Å². The van der Waals surface area contributed by atoms with Gasteiger partial charge < -0.3 is 16.4 Å². The van der Waals surface area contributed by atoms with Crippen LogP contribution in [0.25, 0.3) is 10.9 Å². The average Bonchev–Trinajstić information content (AvgIpc) is 2.73. The summed E-state index contributed by atoms with van der Waals surface area (Å²) in [6.45, 7) is 4.35. The van der Waals surface area contributed by atoms with Crippen LogP contribution in [0.3, 0.4) is 0 Å². The number of carbonyl (C=O) groups is 1. The Morgan fingerprint density at radius 2 is 2.13 bits per heavy atom. The fourth-order valence-corrected chi connectivity index (χ4v) is 3.04. The minimum atomic E-state index is -0.493. The number of anilines is 2. The van der Waals surface area contributed by atoms with Crippen LogP contribution in [0.5, 0.6) is 0 Å². The first-order chi connectivity index (χ1) is 14.4. The number of pyridine rings is 1. The lowest BCUT2D eigenvalue weighted by atomic mass is 10.0. The number of hydrogen-bond donors (Lipinski definition) is 3. The minimum Gasteiger partial charge on any atom is -0.382 e. The molecule has 0 saturated heterocycles. The smallest absolute Gasteiger partial charge is 0.253 e. The first-order valence-electron chi connectivity index (χ1n) is 9.60. The highest BCUT2D eigenvalue weighted by atomic mass is 19.1. The number of nitrogens with one attached hydrogen (secondary N) is 2. The molecule has 0 aliphatic carbocycles. The number of nitrogen functional groups attached to an aromatic ring is 1. The number of amides is 1. The predicted molar refractivity (Wildman–Crippen MR) is 112 cm³/mol. The highest BCUT2D eigenvalue weighted by Crippen LogP contribution is 2.26. The molecular formula is C21H22FN7O. The third kappa shape index (κ3) is 4.43. The third-order valence-electron chi connectivity index (χ3n) is 4.62. The highest BCUT2D eigenvalue weighted by Gasteiger charge is 2.21. The van der Waals surface area contributed by atoms with Crippen molar-refractivity contribution in [3.05, 3.63) is 53.2 Å². The second-order valence-corrected chi connectivity index (χ2v) is 6.83. The Hall–Kier alpha value is -3.80. The molecule has 3 aromatic rings. The number of nitriles is 1. The summed E-state index contributed by atoms with van der Waals surface area (Å²) in [6.07, 6.45) is 3.04. The molecule has 30 heavy (non-hydrogen) atoms. The van der Waals surface area contributed by atoms with Gasteiger partial charge in [0.25, 0.3) is 5.91 Å². The Bertz CT molecular complexity index is 1130. The summed E-state index contributed by atoms with van der Waals surface area (Å²) in [5.74, 6) is -0.401. The van der Waals surface area contributed by atoms with Crippen molar-refractivity contribution >= 4 is 28.4 Å². The van der Waals surface area contributed by atoms with Crippen LogP contribution in [0.4, 0.5) is 16.0 Å². The monoisotopic (exact) mass is 407 g/mol. The zero-order valence-corrected chi connectivity index (χ0v) is 16.7. The quantitative estimate of drug-likeness (QED) is 0.512. The molecule has 8 nitrogen and oxygen atoms in total. The molecule has 3 rings (SSSR count). The summed E-state index contributed by atoms with van der Waals surface area (Å²) in [7, 11) is 0. The minimum absolute atomic E-state index is 0.0571. The lowest BCUT2D eigenvalue weighted by Crippen LogP contribution is -2.27. The Morgan fingerprint density at radius 3 is 2.87 bits per heavy atom. The molecule has 0 fully saturated rings. The Labute approximate surface area is 173 Å². The van der Waals surface area contributed by atoms with E-state index in [9.17, 15) is 14.4 Å². The molecule has 4 N–H and O–H groups in total. The first kappa shape index (κ1) is 20.9. The molecule has 2 heterocycles. The molecular weight excluding hydrogens is 385 g/mol. The lowest BCUT2D eigenvalue weighted by molar-refractivity contribution is 0.0951. The van der Waals surface area contributed by atoms with Crippen molar-refractivity contribution in [1.29, 1.82) is 5.26 Å². The fourth-order valence-electron chi connectivity index (χ4n) is 3.04. The average molecular weight is 407 g/mol.